The number of anilines is 1. The second-order valence-corrected chi connectivity index (χ2v) is 3.39. The van der Waals surface area contributed by atoms with Gasteiger partial charge in [0.25, 0.3) is 0 Å². The van der Waals surface area contributed by atoms with Gasteiger partial charge in [0, 0.05) is 22.8 Å². The van der Waals surface area contributed by atoms with Gasteiger partial charge in [-0.15, -0.1) is 0 Å². The smallest absolute Gasteiger partial charge is 0.171 e. The highest BCUT2D eigenvalue weighted by atomic mass is 35.5. The van der Waals surface area contributed by atoms with E-state index in [9.17, 15) is 0 Å². The molecule has 62 valence electrons. The van der Waals surface area contributed by atoms with Crippen LogP contribution in [0.4, 0.5) is 5.69 Å². The van der Waals surface area contributed by atoms with Crippen LogP contribution in [0.1, 0.15) is 5.56 Å². The SMILES string of the molecule is S=C1NCc2c(Cl)cccc2N1. The van der Waals surface area contributed by atoms with Gasteiger partial charge < -0.3 is 10.6 Å². The zero-order valence-electron chi connectivity index (χ0n) is 6.23. The number of halogens is 1. The highest BCUT2D eigenvalue weighted by Crippen LogP contribution is 2.25. The van der Waals surface area contributed by atoms with E-state index in [1.54, 1.807) is 0 Å². The average molecular weight is 199 g/mol. The molecule has 0 saturated carbocycles. The summed E-state index contributed by atoms with van der Waals surface area (Å²) in [5.41, 5.74) is 2.08. The lowest BCUT2D eigenvalue weighted by Crippen LogP contribution is -2.33. The lowest BCUT2D eigenvalue weighted by Gasteiger charge is -2.20. The van der Waals surface area contributed by atoms with Crippen LogP contribution in [0.2, 0.25) is 5.02 Å². The second-order valence-electron chi connectivity index (χ2n) is 2.57. The molecule has 4 heteroatoms. The van der Waals surface area contributed by atoms with Crippen LogP contribution in [0.5, 0.6) is 0 Å². The fraction of sp³-hybridized carbons (Fsp3) is 0.125. The molecule has 0 unspecified atom stereocenters. The summed E-state index contributed by atoms with van der Waals surface area (Å²) in [6.07, 6.45) is 0. The highest BCUT2D eigenvalue weighted by molar-refractivity contribution is 7.80. The third-order valence-electron chi connectivity index (χ3n) is 1.79. The first-order valence-corrected chi connectivity index (χ1v) is 4.38. The van der Waals surface area contributed by atoms with E-state index in [0.717, 1.165) is 16.3 Å². The Hall–Kier alpha value is -0.800. The largest absolute Gasteiger partial charge is 0.358 e. The van der Waals surface area contributed by atoms with Crippen LogP contribution in [0.3, 0.4) is 0 Å². The van der Waals surface area contributed by atoms with E-state index in [1.807, 2.05) is 18.2 Å². The topological polar surface area (TPSA) is 24.1 Å². The van der Waals surface area contributed by atoms with Gasteiger partial charge in [-0.1, -0.05) is 17.7 Å². The van der Waals surface area contributed by atoms with Crippen LogP contribution < -0.4 is 10.6 Å². The minimum Gasteiger partial charge on any atom is -0.358 e. The quantitative estimate of drug-likeness (QED) is 0.625. The molecule has 1 aliphatic rings. The second kappa shape index (κ2) is 2.92. The van der Waals surface area contributed by atoms with Crippen molar-refractivity contribution >= 4 is 34.6 Å². The van der Waals surface area contributed by atoms with Gasteiger partial charge in [0.05, 0.1) is 0 Å². The van der Waals surface area contributed by atoms with E-state index < -0.39 is 0 Å². The Morgan fingerprint density at radius 1 is 1.42 bits per heavy atom. The van der Waals surface area contributed by atoms with E-state index in [1.165, 1.54) is 0 Å². The van der Waals surface area contributed by atoms with Crippen molar-refractivity contribution in [2.24, 2.45) is 0 Å². The number of thiocarbonyl (C=S) groups is 1. The molecule has 1 aromatic rings. The molecule has 0 saturated heterocycles. The minimum absolute atomic E-state index is 0.657. The van der Waals surface area contributed by atoms with Crippen LogP contribution >= 0.6 is 23.8 Å². The zero-order chi connectivity index (χ0) is 8.55. The maximum absolute atomic E-state index is 5.97. The number of hydrogen-bond donors (Lipinski definition) is 2. The van der Waals surface area contributed by atoms with Crippen molar-refractivity contribution in [3.63, 3.8) is 0 Å². The molecule has 0 atom stereocenters. The minimum atomic E-state index is 0.657. The molecule has 0 bridgehead atoms. The fourth-order valence-corrected chi connectivity index (χ4v) is 1.61. The third kappa shape index (κ3) is 1.26. The summed E-state index contributed by atoms with van der Waals surface area (Å²) in [5.74, 6) is 0. The molecular weight excluding hydrogens is 192 g/mol. The number of nitrogens with one attached hydrogen (secondary N) is 2. The Morgan fingerprint density at radius 3 is 3.08 bits per heavy atom. The predicted octanol–water partition coefficient (Wildman–Crippen LogP) is 2.14. The van der Waals surface area contributed by atoms with Crippen molar-refractivity contribution < 1.29 is 0 Å². The maximum atomic E-state index is 5.97. The maximum Gasteiger partial charge on any atom is 0.171 e. The molecule has 0 amide bonds. The molecule has 0 aromatic heterocycles. The summed E-state index contributed by atoms with van der Waals surface area (Å²) in [6, 6.07) is 5.74. The number of hydrogen-bond acceptors (Lipinski definition) is 1. The Morgan fingerprint density at radius 2 is 2.25 bits per heavy atom. The summed E-state index contributed by atoms with van der Waals surface area (Å²) < 4.78 is 0. The molecule has 0 spiro atoms. The van der Waals surface area contributed by atoms with Crippen molar-refractivity contribution in [2.75, 3.05) is 5.32 Å². The van der Waals surface area contributed by atoms with Gasteiger partial charge in [0.15, 0.2) is 5.11 Å². The molecule has 1 heterocycles. The van der Waals surface area contributed by atoms with Gasteiger partial charge in [-0.05, 0) is 24.4 Å². The Bertz CT molecular complexity index is 338. The molecule has 0 radical (unpaired) electrons. The summed E-state index contributed by atoms with van der Waals surface area (Å²) in [7, 11) is 0. The molecule has 1 aliphatic heterocycles. The van der Waals surface area contributed by atoms with Crippen molar-refractivity contribution in [1.82, 2.24) is 5.32 Å². The molecule has 2 N–H and O–H groups in total. The van der Waals surface area contributed by atoms with Gasteiger partial charge in [0.1, 0.15) is 0 Å². The van der Waals surface area contributed by atoms with Crippen molar-refractivity contribution in [2.45, 2.75) is 6.54 Å². The van der Waals surface area contributed by atoms with Crippen molar-refractivity contribution in [3.8, 4) is 0 Å². The Kier molecular flexibility index (Phi) is 1.90. The lowest BCUT2D eigenvalue weighted by molar-refractivity contribution is 0.909. The van der Waals surface area contributed by atoms with Gasteiger partial charge in [-0.3, -0.25) is 0 Å². The molecule has 1 aromatic carbocycles. The van der Waals surface area contributed by atoms with E-state index in [4.69, 9.17) is 23.8 Å². The Labute approximate surface area is 80.9 Å². The zero-order valence-corrected chi connectivity index (χ0v) is 7.80. The van der Waals surface area contributed by atoms with E-state index >= 15 is 0 Å². The molecule has 0 fully saturated rings. The molecule has 0 aliphatic carbocycles. The van der Waals surface area contributed by atoms with Crippen molar-refractivity contribution in [3.05, 3.63) is 28.8 Å². The normalized spacial score (nSPS) is 14.6. The van der Waals surface area contributed by atoms with Crippen LogP contribution in [0, 0.1) is 0 Å². The molecular formula is C8H7ClN2S. The third-order valence-corrected chi connectivity index (χ3v) is 2.39. The Balaban J connectivity index is 2.48. The van der Waals surface area contributed by atoms with E-state index in [0.29, 0.717) is 11.7 Å². The summed E-state index contributed by atoms with van der Waals surface area (Å²) in [4.78, 5) is 0. The van der Waals surface area contributed by atoms with Crippen LogP contribution in [-0.4, -0.2) is 5.11 Å². The summed E-state index contributed by atoms with van der Waals surface area (Å²) in [5, 5.41) is 7.48. The predicted molar refractivity (Wildman–Crippen MR) is 54.5 cm³/mol. The van der Waals surface area contributed by atoms with E-state index in [2.05, 4.69) is 10.6 Å². The fourth-order valence-electron chi connectivity index (χ4n) is 1.19. The number of rotatable bonds is 0. The molecule has 2 nitrogen and oxygen atoms in total. The van der Waals surface area contributed by atoms with E-state index in [-0.39, 0.29) is 0 Å². The van der Waals surface area contributed by atoms with Gasteiger partial charge in [0.2, 0.25) is 0 Å². The van der Waals surface area contributed by atoms with Gasteiger partial charge in [-0.25, -0.2) is 0 Å². The molecule has 2 rings (SSSR count). The average Bonchev–Trinajstić information content (AvgIpc) is 2.04. The summed E-state index contributed by atoms with van der Waals surface area (Å²) >= 11 is 10.9. The monoisotopic (exact) mass is 198 g/mol. The van der Waals surface area contributed by atoms with Crippen LogP contribution in [-0.2, 0) is 6.54 Å². The van der Waals surface area contributed by atoms with Crippen LogP contribution in [0.25, 0.3) is 0 Å². The van der Waals surface area contributed by atoms with Crippen molar-refractivity contribution in [1.29, 1.82) is 0 Å². The van der Waals surface area contributed by atoms with Gasteiger partial charge in [-0.2, -0.15) is 0 Å². The summed E-state index contributed by atoms with van der Waals surface area (Å²) in [6.45, 7) is 0.709. The number of benzene rings is 1. The highest BCUT2D eigenvalue weighted by Gasteiger charge is 2.12. The lowest BCUT2D eigenvalue weighted by atomic mass is 10.1. The molecule has 12 heavy (non-hydrogen) atoms. The first-order chi connectivity index (χ1) is 5.77. The van der Waals surface area contributed by atoms with Gasteiger partial charge >= 0.3 is 0 Å². The standard InChI is InChI=1S/C8H7ClN2S/c9-6-2-1-3-7-5(6)4-10-8(12)11-7/h1-3H,4H2,(H2,10,11,12). The first-order valence-electron chi connectivity index (χ1n) is 3.59. The number of fused-ring (bicyclic) bond motifs is 1. The first kappa shape index (κ1) is 7.83. The van der Waals surface area contributed by atoms with Crippen LogP contribution in [0.15, 0.2) is 18.2 Å².